The molecule has 0 unspecified atom stereocenters. The number of pyridine rings is 1. The molecular formula is C14H20N6O. The molecule has 2 aromatic rings. The van der Waals surface area contributed by atoms with Crippen molar-refractivity contribution in [2.45, 2.75) is 39.3 Å². The topological polar surface area (TPSA) is 95.6 Å². The fourth-order valence-electron chi connectivity index (χ4n) is 1.83. The fourth-order valence-corrected chi connectivity index (χ4v) is 1.83. The third kappa shape index (κ3) is 3.77. The van der Waals surface area contributed by atoms with Crippen molar-refractivity contribution < 1.29 is 4.79 Å². The van der Waals surface area contributed by atoms with Gasteiger partial charge in [0.05, 0.1) is 17.3 Å². The van der Waals surface area contributed by atoms with Crippen molar-refractivity contribution in [3.05, 3.63) is 35.8 Å². The number of H-pyrrole nitrogens is 1. The molecule has 0 saturated carbocycles. The zero-order valence-electron chi connectivity index (χ0n) is 12.6. The van der Waals surface area contributed by atoms with E-state index in [1.807, 2.05) is 27.7 Å². The van der Waals surface area contributed by atoms with Crippen molar-refractivity contribution in [2.24, 2.45) is 0 Å². The van der Waals surface area contributed by atoms with E-state index < -0.39 is 5.54 Å². The van der Waals surface area contributed by atoms with Crippen molar-refractivity contribution in [3.8, 4) is 0 Å². The molecule has 0 fully saturated rings. The van der Waals surface area contributed by atoms with Gasteiger partial charge >= 0.3 is 0 Å². The van der Waals surface area contributed by atoms with Gasteiger partial charge in [0.15, 0.2) is 0 Å². The third-order valence-corrected chi connectivity index (χ3v) is 2.94. The van der Waals surface area contributed by atoms with Crippen molar-refractivity contribution in [1.29, 1.82) is 0 Å². The maximum Gasteiger partial charge on any atom is 0.253 e. The molecular weight excluding hydrogens is 268 g/mol. The van der Waals surface area contributed by atoms with Crippen molar-refractivity contribution >= 4 is 11.7 Å². The second kappa shape index (κ2) is 5.90. The predicted octanol–water partition coefficient (Wildman–Crippen LogP) is 1.69. The Morgan fingerprint density at radius 2 is 2.05 bits per heavy atom. The summed E-state index contributed by atoms with van der Waals surface area (Å²) in [6.07, 6.45) is 3.15. The first-order valence-corrected chi connectivity index (χ1v) is 6.80. The number of hydrogen-bond donors (Lipinski definition) is 3. The fraction of sp³-hybridized carbons (Fsp3) is 0.429. The highest BCUT2D eigenvalue weighted by Crippen LogP contribution is 2.17. The predicted molar refractivity (Wildman–Crippen MR) is 79.9 cm³/mol. The Kier molecular flexibility index (Phi) is 4.21. The molecule has 0 aliphatic heterocycles. The third-order valence-electron chi connectivity index (χ3n) is 2.94. The normalized spacial score (nSPS) is 11.5. The molecule has 0 radical (unpaired) electrons. The van der Waals surface area contributed by atoms with Gasteiger partial charge in [0.25, 0.3) is 5.91 Å². The molecule has 7 heteroatoms. The van der Waals surface area contributed by atoms with Crippen LogP contribution in [0.2, 0.25) is 0 Å². The van der Waals surface area contributed by atoms with Crippen LogP contribution in [0.4, 0.5) is 5.82 Å². The molecule has 0 bridgehead atoms. The molecule has 21 heavy (non-hydrogen) atoms. The number of carbonyl (C=O) groups is 1. The number of hydrogen-bond acceptors (Lipinski definition) is 5. The van der Waals surface area contributed by atoms with Gasteiger partial charge in [-0.25, -0.2) is 4.98 Å². The van der Waals surface area contributed by atoms with E-state index in [4.69, 9.17) is 0 Å². The minimum absolute atomic E-state index is 0.202. The van der Waals surface area contributed by atoms with Crippen LogP contribution >= 0.6 is 0 Å². The van der Waals surface area contributed by atoms with E-state index in [-0.39, 0.29) is 5.91 Å². The maximum absolute atomic E-state index is 12.3. The summed E-state index contributed by atoms with van der Waals surface area (Å²) in [7, 11) is 0. The highest BCUT2D eigenvalue weighted by molar-refractivity contribution is 5.94. The first kappa shape index (κ1) is 15.0. The average Bonchev–Trinajstić information content (AvgIpc) is 2.93. The Balaban J connectivity index is 2.06. The summed E-state index contributed by atoms with van der Waals surface area (Å²) in [6.45, 7) is 7.79. The number of aromatic nitrogens is 4. The molecule has 0 spiro atoms. The Morgan fingerprint density at radius 3 is 2.57 bits per heavy atom. The number of anilines is 1. The largest absolute Gasteiger partial charge is 0.368 e. The molecule has 112 valence electrons. The number of carbonyl (C=O) groups excluding carboxylic acids is 1. The molecule has 1 amide bonds. The maximum atomic E-state index is 12.3. The van der Waals surface area contributed by atoms with Gasteiger partial charge in [0.1, 0.15) is 11.5 Å². The summed E-state index contributed by atoms with van der Waals surface area (Å²) in [5.74, 6) is 0.545. The van der Waals surface area contributed by atoms with Crippen LogP contribution in [-0.2, 0) is 5.54 Å². The van der Waals surface area contributed by atoms with Crippen LogP contribution in [0.25, 0.3) is 0 Å². The molecule has 3 N–H and O–H groups in total. The molecule has 0 aliphatic carbocycles. The van der Waals surface area contributed by atoms with Crippen LogP contribution in [0.5, 0.6) is 0 Å². The zero-order chi connectivity index (χ0) is 15.5. The van der Waals surface area contributed by atoms with Gasteiger partial charge in [0.2, 0.25) is 0 Å². The molecule has 0 saturated heterocycles. The quantitative estimate of drug-likeness (QED) is 0.778. The van der Waals surface area contributed by atoms with Crippen LogP contribution in [-0.4, -0.2) is 32.3 Å². The van der Waals surface area contributed by atoms with E-state index >= 15 is 0 Å². The second-order valence-corrected chi connectivity index (χ2v) is 5.67. The first-order chi connectivity index (χ1) is 9.88. The highest BCUT2D eigenvalue weighted by atomic mass is 16.1. The van der Waals surface area contributed by atoms with Crippen molar-refractivity contribution in [3.63, 3.8) is 0 Å². The van der Waals surface area contributed by atoms with E-state index in [0.717, 1.165) is 5.82 Å². The van der Waals surface area contributed by atoms with Gasteiger partial charge in [-0.2, -0.15) is 15.4 Å². The minimum Gasteiger partial charge on any atom is -0.368 e. The number of amides is 1. The van der Waals surface area contributed by atoms with Crippen LogP contribution in [0.3, 0.4) is 0 Å². The smallest absolute Gasteiger partial charge is 0.253 e. The summed E-state index contributed by atoms with van der Waals surface area (Å²) < 4.78 is 0. The molecule has 0 aromatic carbocycles. The minimum atomic E-state index is -0.612. The van der Waals surface area contributed by atoms with Gasteiger partial charge in [-0.1, -0.05) is 0 Å². The lowest BCUT2D eigenvalue weighted by Crippen LogP contribution is -2.41. The van der Waals surface area contributed by atoms with Gasteiger partial charge in [0, 0.05) is 12.2 Å². The summed E-state index contributed by atoms with van der Waals surface area (Å²) in [6, 6.07) is 3.83. The van der Waals surface area contributed by atoms with E-state index in [1.165, 1.54) is 0 Å². The number of aromatic amines is 1. The van der Waals surface area contributed by atoms with E-state index in [2.05, 4.69) is 31.0 Å². The number of nitrogens with one attached hydrogen (secondary N) is 3. The summed E-state index contributed by atoms with van der Waals surface area (Å²) in [4.78, 5) is 16.5. The van der Waals surface area contributed by atoms with Crippen LogP contribution in [0.1, 0.15) is 43.7 Å². The van der Waals surface area contributed by atoms with Crippen molar-refractivity contribution in [1.82, 2.24) is 25.7 Å². The molecule has 7 nitrogen and oxygen atoms in total. The van der Waals surface area contributed by atoms with Crippen molar-refractivity contribution in [2.75, 3.05) is 5.32 Å². The lowest BCUT2D eigenvalue weighted by molar-refractivity contribution is 0.0910. The van der Waals surface area contributed by atoms with E-state index in [9.17, 15) is 4.79 Å². The molecule has 0 aliphatic rings. The van der Waals surface area contributed by atoms with Crippen LogP contribution < -0.4 is 10.6 Å². The highest BCUT2D eigenvalue weighted by Gasteiger charge is 2.26. The van der Waals surface area contributed by atoms with Crippen LogP contribution in [0, 0.1) is 0 Å². The monoisotopic (exact) mass is 288 g/mol. The van der Waals surface area contributed by atoms with E-state index in [1.54, 1.807) is 24.5 Å². The Labute approximate surface area is 123 Å². The SMILES string of the molecule is CC(C)Nc1ccc(C(=O)NC(C)(C)c2cn[nH]n2)cn1. The Hall–Kier alpha value is -2.44. The zero-order valence-corrected chi connectivity index (χ0v) is 12.6. The Morgan fingerprint density at radius 1 is 1.29 bits per heavy atom. The molecule has 2 heterocycles. The van der Waals surface area contributed by atoms with Gasteiger partial charge < -0.3 is 10.6 Å². The van der Waals surface area contributed by atoms with Gasteiger partial charge in [-0.15, -0.1) is 0 Å². The molecule has 2 aromatic heterocycles. The lowest BCUT2D eigenvalue weighted by Gasteiger charge is -2.23. The first-order valence-electron chi connectivity index (χ1n) is 6.80. The molecule has 2 rings (SSSR count). The van der Waals surface area contributed by atoms with Gasteiger partial charge in [-0.05, 0) is 39.8 Å². The van der Waals surface area contributed by atoms with E-state index in [0.29, 0.717) is 17.3 Å². The molecule has 0 atom stereocenters. The number of rotatable bonds is 5. The Bertz CT molecular complexity index is 588. The standard InChI is InChI=1S/C14H20N6O/c1-9(2)17-12-6-5-10(7-15-12)13(21)18-14(3,4)11-8-16-20-19-11/h5-9H,1-4H3,(H,15,17)(H,18,21)(H,16,19,20). The second-order valence-electron chi connectivity index (χ2n) is 5.67. The summed E-state index contributed by atoms with van der Waals surface area (Å²) >= 11 is 0. The number of nitrogens with zero attached hydrogens (tertiary/aromatic N) is 3. The average molecular weight is 288 g/mol. The van der Waals surface area contributed by atoms with Gasteiger partial charge in [-0.3, -0.25) is 4.79 Å². The van der Waals surface area contributed by atoms with Crippen LogP contribution in [0.15, 0.2) is 24.5 Å². The summed E-state index contributed by atoms with van der Waals surface area (Å²) in [5.41, 5.74) is 0.557. The summed E-state index contributed by atoms with van der Waals surface area (Å²) in [5, 5.41) is 16.4. The lowest BCUT2D eigenvalue weighted by atomic mass is 10.0.